The SMILES string of the molecule is COc1ccc(OC)c(CCNC(=O)c2nn(C)c(=O)[nH]2)c1. The van der Waals surface area contributed by atoms with Gasteiger partial charge in [-0.2, -0.15) is 0 Å². The number of methoxy groups -OCH3 is 2. The smallest absolute Gasteiger partial charge is 0.343 e. The molecule has 1 aromatic carbocycles. The van der Waals surface area contributed by atoms with Gasteiger partial charge in [-0.25, -0.2) is 9.48 Å². The number of carbonyl (C=O) groups excluding carboxylic acids is 1. The molecule has 2 rings (SSSR count). The van der Waals surface area contributed by atoms with Gasteiger partial charge in [-0.3, -0.25) is 9.78 Å². The van der Waals surface area contributed by atoms with Crippen molar-refractivity contribution in [2.24, 2.45) is 7.05 Å². The van der Waals surface area contributed by atoms with E-state index in [1.54, 1.807) is 20.3 Å². The van der Waals surface area contributed by atoms with E-state index in [4.69, 9.17) is 9.47 Å². The summed E-state index contributed by atoms with van der Waals surface area (Å²) < 4.78 is 11.5. The molecule has 0 saturated carbocycles. The fraction of sp³-hybridized carbons (Fsp3) is 0.357. The van der Waals surface area contributed by atoms with Crippen molar-refractivity contribution in [3.8, 4) is 11.5 Å². The fourth-order valence-corrected chi connectivity index (χ4v) is 1.98. The minimum atomic E-state index is -0.431. The molecule has 0 unspecified atom stereocenters. The summed E-state index contributed by atoms with van der Waals surface area (Å²) in [5, 5.41) is 6.48. The van der Waals surface area contributed by atoms with Crippen molar-refractivity contribution < 1.29 is 14.3 Å². The maximum Gasteiger partial charge on any atom is 0.343 e. The number of aryl methyl sites for hydroxylation is 1. The second kappa shape index (κ2) is 6.79. The molecule has 0 aliphatic heterocycles. The third-order valence-electron chi connectivity index (χ3n) is 3.15. The van der Waals surface area contributed by atoms with Gasteiger partial charge in [0, 0.05) is 13.6 Å². The van der Waals surface area contributed by atoms with Crippen LogP contribution in [0.15, 0.2) is 23.0 Å². The van der Waals surface area contributed by atoms with E-state index in [-0.39, 0.29) is 5.82 Å². The topological polar surface area (TPSA) is 98.2 Å². The summed E-state index contributed by atoms with van der Waals surface area (Å²) in [6.07, 6.45) is 0.559. The Hall–Kier alpha value is -2.77. The highest BCUT2D eigenvalue weighted by Crippen LogP contribution is 2.24. The minimum absolute atomic E-state index is 0.00916. The number of hydrogen-bond acceptors (Lipinski definition) is 5. The molecule has 0 aliphatic carbocycles. The van der Waals surface area contributed by atoms with E-state index in [0.717, 1.165) is 21.7 Å². The summed E-state index contributed by atoms with van der Waals surface area (Å²) in [5.74, 6) is 1.00. The van der Waals surface area contributed by atoms with Gasteiger partial charge >= 0.3 is 5.69 Å². The molecule has 8 nitrogen and oxygen atoms in total. The lowest BCUT2D eigenvalue weighted by Gasteiger charge is -2.10. The third-order valence-corrected chi connectivity index (χ3v) is 3.15. The van der Waals surface area contributed by atoms with Gasteiger partial charge in [-0.15, -0.1) is 5.10 Å². The predicted molar refractivity (Wildman–Crippen MR) is 79.4 cm³/mol. The highest BCUT2D eigenvalue weighted by atomic mass is 16.5. The van der Waals surface area contributed by atoms with Gasteiger partial charge in [0.25, 0.3) is 5.91 Å². The summed E-state index contributed by atoms with van der Waals surface area (Å²) >= 11 is 0. The number of H-pyrrole nitrogens is 1. The van der Waals surface area contributed by atoms with Crippen LogP contribution in [0.5, 0.6) is 11.5 Å². The second-order valence-corrected chi connectivity index (χ2v) is 4.59. The van der Waals surface area contributed by atoms with Gasteiger partial charge in [0.05, 0.1) is 14.2 Å². The number of hydrogen-bond donors (Lipinski definition) is 2. The van der Waals surface area contributed by atoms with E-state index in [2.05, 4.69) is 15.4 Å². The fourth-order valence-electron chi connectivity index (χ4n) is 1.98. The lowest BCUT2D eigenvalue weighted by Crippen LogP contribution is -2.27. The van der Waals surface area contributed by atoms with E-state index in [9.17, 15) is 9.59 Å². The van der Waals surface area contributed by atoms with Gasteiger partial charge in [-0.1, -0.05) is 0 Å². The third kappa shape index (κ3) is 3.46. The van der Waals surface area contributed by atoms with Crippen LogP contribution in [0.25, 0.3) is 0 Å². The first kappa shape index (κ1) is 15.6. The van der Waals surface area contributed by atoms with Crippen LogP contribution in [0.2, 0.25) is 0 Å². The second-order valence-electron chi connectivity index (χ2n) is 4.59. The van der Waals surface area contributed by atoms with E-state index in [0.29, 0.717) is 13.0 Å². The molecule has 1 aromatic heterocycles. The average Bonchev–Trinajstić information content (AvgIpc) is 2.86. The van der Waals surface area contributed by atoms with Gasteiger partial charge in [0.1, 0.15) is 11.5 Å². The van der Waals surface area contributed by atoms with E-state index in [1.165, 1.54) is 7.05 Å². The van der Waals surface area contributed by atoms with Crippen LogP contribution in [-0.2, 0) is 13.5 Å². The van der Waals surface area contributed by atoms with E-state index >= 15 is 0 Å². The van der Waals surface area contributed by atoms with Crippen LogP contribution in [0.3, 0.4) is 0 Å². The molecule has 2 N–H and O–H groups in total. The van der Waals surface area contributed by atoms with Crippen LogP contribution in [0, 0.1) is 0 Å². The van der Waals surface area contributed by atoms with Crippen LogP contribution < -0.4 is 20.5 Å². The number of nitrogens with one attached hydrogen (secondary N) is 2. The standard InChI is InChI=1S/C14H18N4O4/c1-18-14(20)16-12(17-18)13(19)15-7-6-9-8-10(21-2)4-5-11(9)22-3/h4-5,8H,6-7H2,1-3H3,(H,15,19)(H,16,17,20). The Labute approximate surface area is 127 Å². The Balaban J connectivity index is 1.98. The molecule has 0 bridgehead atoms. The molecule has 0 aliphatic rings. The van der Waals surface area contributed by atoms with Crippen molar-refractivity contribution in [3.63, 3.8) is 0 Å². The normalized spacial score (nSPS) is 10.3. The number of rotatable bonds is 6. The summed E-state index contributed by atoms with van der Waals surface area (Å²) in [6, 6.07) is 5.47. The van der Waals surface area contributed by atoms with Crippen molar-refractivity contribution in [1.29, 1.82) is 0 Å². The van der Waals surface area contributed by atoms with Crippen molar-refractivity contribution in [1.82, 2.24) is 20.1 Å². The highest BCUT2D eigenvalue weighted by molar-refractivity contribution is 5.90. The summed E-state index contributed by atoms with van der Waals surface area (Å²) in [5.41, 5.74) is 0.483. The monoisotopic (exact) mass is 306 g/mol. The molecule has 2 aromatic rings. The van der Waals surface area contributed by atoms with E-state index in [1.807, 2.05) is 12.1 Å². The quantitative estimate of drug-likeness (QED) is 0.788. The molecule has 0 atom stereocenters. The van der Waals surface area contributed by atoms with Crippen LogP contribution in [0.4, 0.5) is 0 Å². The van der Waals surface area contributed by atoms with Crippen LogP contribution >= 0.6 is 0 Å². The summed E-state index contributed by atoms with van der Waals surface area (Å²) in [4.78, 5) is 25.5. The average molecular weight is 306 g/mol. The Morgan fingerprint density at radius 3 is 2.73 bits per heavy atom. The summed E-state index contributed by atoms with van der Waals surface area (Å²) in [7, 11) is 4.64. The number of amides is 1. The molecular formula is C14H18N4O4. The Kier molecular flexibility index (Phi) is 4.82. The summed E-state index contributed by atoms with van der Waals surface area (Å²) in [6.45, 7) is 0.376. The molecule has 8 heteroatoms. The van der Waals surface area contributed by atoms with Crippen LogP contribution in [-0.4, -0.2) is 41.4 Å². The van der Waals surface area contributed by atoms with Gasteiger partial charge in [-0.05, 0) is 30.2 Å². The molecule has 0 saturated heterocycles. The number of ether oxygens (including phenoxy) is 2. The number of nitrogens with zero attached hydrogens (tertiary/aromatic N) is 2. The number of aromatic amines is 1. The first-order valence-electron chi connectivity index (χ1n) is 6.67. The molecule has 22 heavy (non-hydrogen) atoms. The molecule has 1 heterocycles. The minimum Gasteiger partial charge on any atom is -0.497 e. The molecule has 118 valence electrons. The largest absolute Gasteiger partial charge is 0.497 e. The van der Waals surface area contributed by atoms with Crippen molar-refractivity contribution in [2.75, 3.05) is 20.8 Å². The van der Waals surface area contributed by atoms with Crippen molar-refractivity contribution in [3.05, 3.63) is 40.1 Å². The molecule has 0 radical (unpaired) electrons. The molecule has 0 spiro atoms. The Bertz CT molecular complexity index is 720. The number of aromatic nitrogens is 3. The zero-order valence-electron chi connectivity index (χ0n) is 12.7. The first-order valence-corrected chi connectivity index (χ1v) is 6.67. The van der Waals surface area contributed by atoms with Gasteiger partial charge in [0.2, 0.25) is 5.82 Å². The first-order chi connectivity index (χ1) is 10.5. The van der Waals surface area contributed by atoms with Crippen molar-refractivity contribution in [2.45, 2.75) is 6.42 Å². The predicted octanol–water partition coefficient (Wildman–Crippen LogP) is 0.0981. The van der Waals surface area contributed by atoms with Crippen molar-refractivity contribution >= 4 is 5.91 Å². The highest BCUT2D eigenvalue weighted by Gasteiger charge is 2.12. The molecule has 0 fully saturated rings. The van der Waals surface area contributed by atoms with Crippen LogP contribution in [0.1, 0.15) is 16.2 Å². The van der Waals surface area contributed by atoms with Gasteiger partial charge in [0.15, 0.2) is 0 Å². The zero-order chi connectivity index (χ0) is 16.1. The maximum absolute atomic E-state index is 11.9. The Morgan fingerprint density at radius 1 is 1.36 bits per heavy atom. The lowest BCUT2D eigenvalue weighted by molar-refractivity contribution is 0.0943. The van der Waals surface area contributed by atoms with Gasteiger partial charge < -0.3 is 14.8 Å². The Morgan fingerprint density at radius 2 is 2.14 bits per heavy atom. The lowest BCUT2D eigenvalue weighted by atomic mass is 10.1. The van der Waals surface area contributed by atoms with E-state index < -0.39 is 11.6 Å². The number of benzene rings is 1. The molecule has 1 amide bonds. The molecular weight excluding hydrogens is 288 g/mol. The maximum atomic E-state index is 11.9. The number of carbonyl (C=O) groups is 1. The zero-order valence-corrected chi connectivity index (χ0v) is 12.7.